The van der Waals surface area contributed by atoms with Gasteiger partial charge in [0.2, 0.25) is 0 Å². The Morgan fingerprint density at radius 2 is 1.89 bits per heavy atom. The molecule has 0 aliphatic carbocycles. The molecule has 0 aliphatic rings. The van der Waals surface area contributed by atoms with E-state index in [1.165, 1.54) is 6.07 Å². The molecule has 88 valence electrons. The molecule has 0 unspecified atom stereocenters. The molecule has 1 aromatic rings. The molecule has 0 spiro atoms. The molecule has 0 heterocycles. The Morgan fingerprint density at radius 3 is 2.33 bits per heavy atom. The molecule has 18 heavy (non-hydrogen) atoms. The number of carbonyl (C=O) groups excluding carboxylic acids is 1. The summed E-state index contributed by atoms with van der Waals surface area (Å²) < 4.78 is 36.3. The number of carbonyl (C=O) groups is 1. The van der Waals surface area contributed by atoms with Crippen LogP contribution in [-0.2, 0) is 19.5 Å². The molecular weight excluding hydrogens is 306 g/mol. The van der Waals surface area contributed by atoms with Crippen LogP contribution in [0.3, 0.4) is 0 Å². The standard InChI is InChI=1S/C7H6O7S2.2Na/c8-4-5-1-2-6(15-14-13-9)3-7(5)16(10,11)12;;/h1-4,9H,(H,10,11,12);;/q;2*+1/p-2. The third kappa shape index (κ3) is 6.46. The van der Waals surface area contributed by atoms with E-state index in [1.807, 2.05) is 0 Å². The van der Waals surface area contributed by atoms with Crippen LogP contribution in [0.25, 0.3) is 0 Å². The van der Waals surface area contributed by atoms with Gasteiger partial charge in [0.1, 0.15) is 10.1 Å². The summed E-state index contributed by atoms with van der Waals surface area (Å²) in [5.74, 6) is 0. The van der Waals surface area contributed by atoms with Crippen molar-refractivity contribution < 1.29 is 91.5 Å². The SMILES string of the molecule is O=Cc1ccc(SOO[O-])cc1S(=O)(=O)[O-].[Na+].[Na+]. The number of rotatable bonds is 5. The van der Waals surface area contributed by atoms with Crippen molar-refractivity contribution in [2.75, 3.05) is 0 Å². The normalized spacial score (nSPS) is 10.1. The van der Waals surface area contributed by atoms with Gasteiger partial charge in [0.05, 0.1) is 16.9 Å². The fraction of sp³-hybridized carbons (Fsp3) is 0. The molecule has 1 rings (SSSR count). The average molecular weight is 310 g/mol. The molecule has 7 nitrogen and oxygen atoms in total. The summed E-state index contributed by atoms with van der Waals surface area (Å²) in [6.07, 6.45) is 0.240. The minimum atomic E-state index is -4.76. The Balaban J connectivity index is 0. The maximum absolute atomic E-state index is 10.8. The summed E-state index contributed by atoms with van der Waals surface area (Å²) in [5, 5.41) is 12.6. The molecule has 0 bridgehead atoms. The quantitative estimate of drug-likeness (QED) is 0.132. The first-order chi connectivity index (χ1) is 7.49. The van der Waals surface area contributed by atoms with Crippen LogP contribution in [0.1, 0.15) is 10.4 Å². The van der Waals surface area contributed by atoms with Crippen molar-refractivity contribution in [1.29, 1.82) is 0 Å². The van der Waals surface area contributed by atoms with E-state index in [-0.39, 0.29) is 75.9 Å². The van der Waals surface area contributed by atoms with Gasteiger partial charge in [-0.15, -0.1) is 0 Å². The van der Waals surface area contributed by atoms with Crippen LogP contribution in [-0.4, -0.2) is 19.3 Å². The van der Waals surface area contributed by atoms with Crippen molar-refractivity contribution in [2.45, 2.75) is 9.79 Å². The van der Waals surface area contributed by atoms with Gasteiger partial charge in [0.15, 0.2) is 6.29 Å². The first-order valence-corrected chi connectivity index (χ1v) is 5.82. The molecule has 0 N–H and O–H groups in total. The van der Waals surface area contributed by atoms with Crippen LogP contribution in [0.4, 0.5) is 0 Å². The van der Waals surface area contributed by atoms with E-state index in [9.17, 15) is 23.0 Å². The molecule has 0 amide bonds. The van der Waals surface area contributed by atoms with Crippen molar-refractivity contribution in [1.82, 2.24) is 0 Å². The van der Waals surface area contributed by atoms with E-state index in [0.717, 1.165) is 12.1 Å². The van der Waals surface area contributed by atoms with Gasteiger partial charge in [-0.25, -0.2) is 8.42 Å². The molecule has 11 heteroatoms. The van der Waals surface area contributed by atoms with Crippen molar-refractivity contribution in [3.63, 3.8) is 0 Å². The molecule has 0 saturated heterocycles. The van der Waals surface area contributed by atoms with Gasteiger partial charge in [-0.1, -0.05) is 0 Å². The molecular formula is C7H4Na2O7S2. The molecule has 0 saturated carbocycles. The van der Waals surface area contributed by atoms with Gasteiger partial charge in [-0.2, -0.15) is 4.33 Å². The molecule has 1 aromatic carbocycles. The molecule has 0 aliphatic heterocycles. The molecule has 0 atom stereocenters. The van der Waals surface area contributed by atoms with E-state index in [4.69, 9.17) is 0 Å². The monoisotopic (exact) mass is 310 g/mol. The third-order valence-electron chi connectivity index (χ3n) is 1.54. The van der Waals surface area contributed by atoms with Crippen molar-refractivity contribution in [3.05, 3.63) is 23.8 Å². The second-order valence-corrected chi connectivity index (χ2v) is 4.61. The Bertz CT molecular complexity index is 491. The van der Waals surface area contributed by atoms with Crippen LogP contribution < -0.4 is 64.4 Å². The zero-order chi connectivity index (χ0) is 12.2. The minimum Gasteiger partial charge on any atom is -0.744 e. The minimum absolute atomic E-state index is 0. The van der Waals surface area contributed by atoms with E-state index in [1.54, 1.807) is 0 Å². The molecule has 0 fully saturated rings. The summed E-state index contributed by atoms with van der Waals surface area (Å²) in [6.45, 7) is 0. The number of hydrogen-bond acceptors (Lipinski definition) is 8. The van der Waals surface area contributed by atoms with Crippen LogP contribution in [0.2, 0.25) is 0 Å². The first-order valence-electron chi connectivity index (χ1n) is 3.67. The predicted molar refractivity (Wildman–Crippen MR) is 47.8 cm³/mol. The summed E-state index contributed by atoms with van der Waals surface area (Å²) in [7, 11) is -4.76. The van der Waals surface area contributed by atoms with Crippen molar-refractivity contribution in [3.8, 4) is 0 Å². The number of hydrogen-bond donors (Lipinski definition) is 0. The zero-order valence-electron chi connectivity index (χ0n) is 9.48. The van der Waals surface area contributed by atoms with Gasteiger partial charge >= 0.3 is 59.1 Å². The smallest absolute Gasteiger partial charge is 0.744 e. The zero-order valence-corrected chi connectivity index (χ0v) is 15.1. The Kier molecular flexibility index (Phi) is 11.7. The number of aldehydes is 1. The van der Waals surface area contributed by atoms with Crippen LogP contribution in [0.5, 0.6) is 0 Å². The van der Waals surface area contributed by atoms with Crippen LogP contribution in [0.15, 0.2) is 28.0 Å². The van der Waals surface area contributed by atoms with E-state index >= 15 is 0 Å². The summed E-state index contributed by atoms with van der Waals surface area (Å²) in [6, 6.07) is 3.33. The summed E-state index contributed by atoms with van der Waals surface area (Å²) in [5.41, 5.74) is -0.262. The largest absolute Gasteiger partial charge is 1.00 e. The molecule has 0 radical (unpaired) electrons. The molecule has 0 aromatic heterocycles. The van der Waals surface area contributed by atoms with Gasteiger partial charge in [-0.3, -0.25) is 9.83 Å². The van der Waals surface area contributed by atoms with Gasteiger partial charge in [0, 0.05) is 10.5 Å². The van der Waals surface area contributed by atoms with Gasteiger partial charge in [-0.05, 0) is 18.2 Å². The summed E-state index contributed by atoms with van der Waals surface area (Å²) in [4.78, 5) is 9.94. The van der Waals surface area contributed by atoms with E-state index in [2.05, 4.69) is 9.37 Å². The fourth-order valence-corrected chi connectivity index (χ4v) is 2.08. The first kappa shape index (κ1) is 21.3. The third-order valence-corrected chi connectivity index (χ3v) is 3.00. The topological polar surface area (TPSA) is 116 Å². The second kappa shape index (κ2) is 9.86. The maximum atomic E-state index is 10.8. The Labute approximate surface area is 152 Å². The summed E-state index contributed by atoms with van der Waals surface area (Å²) >= 11 is 0.416. The van der Waals surface area contributed by atoms with Crippen LogP contribution in [0, 0.1) is 0 Å². The Morgan fingerprint density at radius 1 is 1.28 bits per heavy atom. The van der Waals surface area contributed by atoms with E-state index < -0.39 is 15.0 Å². The predicted octanol–water partition coefficient (Wildman–Crippen LogP) is -6.36. The Hall–Kier alpha value is 1.03. The maximum Gasteiger partial charge on any atom is 1.00 e. The van der Waals surface area contributed by atoms with E-state index in [0.29, 0.717) is 12.0 Å². The van der Waals surface area contributed by atoms with Crippen molar-refractivity contribution >= 4 is 28.4 Å². The average Bonchev–Trinajstić information content (AvgIpc) is 2.24. The van der Waals surface area contributed by atoms with Gasteiger partial charge in [0.25, 0.3) is 0 Å². The van der Waals surface area contributed by atoms with Crippen LogP contribution >= 0.6 is 12.0 Å². The second-order valence-electron chi connectivity index (χ2n) is 2.49. The van der Waals surface area contributed by atoms with Gasteiger partial charge < -0.3 is 9.81 Å². The van der Waals surface area contributed by atoms with Crippen molar-refractivity contribution in [2.24, 2.45) is 0 Å². The fourth-order valence-electron chi connectivity index (χ4n) is 0.934. The number of benzene rings is 1.